The quantitative estimate of drug-likeness (QED) is 0.550. The normalized spacial score (nSPS) is 37.0. The van der Waals surface area contributed by atoms with Crippen molar-refractivity contribution in [1.82, 2.24) is 4.90 Å². The van der Waals surface area contributed by atoms with Gasteiger partial charge in [-0.2, -0.15) is 0 Å². The van der Waals surface area contributed by atoms with E-state index in [2.05, 4.69) is 4.90 Å². The molecule has 2 bridgehead atoms. The molecule has 1 spiro atoms. The highest BCUT2D eigenvalue weighted by molar-refractivity contribution is 5.90. The minimum Gasteiger partial charge on any atom is -0.504 e. The first-order valence-corrected chi connectivity index (χ1v) is 9.52. The van der Waals surface area contributed by atoms with Gasteiger partial charge in [0.25, 0.3) is 0 Å². The molecule has 2 aliphatic heterocycles. The summed E-state index contributed by atoms with van der Waals surface area (Å²) in [4.78, 5) is 14.7. The maximum atomic E-state index is 12.5. The molecule has 2 aliphatic carbocycles. The lowest BCUT2D eigenvalue weighted by Gasteiger charge is -2.61. The van der Waals surface area contributed by atoms with Gasteiger partial charge in [0, 0.05) is 18.0 Å². The van der Waals surface area contributed by atoms with Gasteiger partial charge < -0.3 is 30.1 Å². The van der Waals surface area contributed by atoms with Crippen molar-refractivity contribution in [3.63, 3.8) is 0 Å². The molecule has 1 aromatic rings. The van der Waals surface area contributed by atoms with Crippen LogP contribution in [0.2, 0.25) is 0 Å². The highest BCUT2D eigenvalue weighted by Crippen LogP contribution is 2.64. The molecule has 148 valence electrons. The number of hydrogen-bond acceptors (Lipinski definition) is 7. The van der Waals surface area contributed by atoms with Crippen LogP contribution < -0.4 is 4.74 Å². The van der Waals surface area contributed by atoms with E-state index in [1.54, 1.807) is 6.07 Å². The number of likely N-dealkylation sites (tertiary alicyclic amines) is 1. The Labute approximate surface area is 158 Å². The molecule has 7 heteroatoms. The lowest BCUT2D eigenvalue weighted by molar-refractivity contribution is -0.185. The first-order valence-electron chi connectivity index (χ1n) is 9.52. The van der Waals surface area contributed by atoms with Gasteiger partial charge in [0.1, 0.15) is 0 Å². The molecule has 0 radical (unpaired) electrons. The molecular weight excluding hydrogens is 350 g/mol. The Morgan fingerprint density at radius 2 is 2.07 bits per heavy atom. The zero-order valence-electron chi connectivity index (χ0n) is 15.7. The predicted octanol–water partition coefficient (Wildman–Crippen LogP) is 0.105. The average molecular weight is 377 g/mol. The molecule has 1 saturated carbocycles. The fourth-order valence-corrected chi connectivity index (χ4v) is 5.54. The Kier molecular flexibility index (Phi) is 4.27. The van der Waals surface area contributed by atoms with Gasteiger partial charge in [0.2, 0.25) is 0 Å². The first kappa shape index (κ1) is 18.7. The van der Waals surface area contributed by atoms with E-state index in [4.69, 9.17) is 14.9 Å². The minimum absolute atomic E-state index is 0.00319. The standard InChI is InChI=1S/C17H19NO4.C3H8O2/c1-18-7-6-16-13-9-2-3-10(19)14(13)22-15(16)11(20)4-5-17(16,21)12(18)8-9;1-3(5)2-4/h2-3,12,15,19,21H,4-8H2,1H3;3-5H,2H2,1H3/t12-,15+,16+,17-;/m1./s1. The van der Waals surface area contributed by atoms with Crippen molar-refractivity contribution < 1.29 is 30.0 Å². The number of aromatic hydroxyl groups is 1. The fourth-order valence-electron chi connectivity index (χ4n) is 5.54. The van der Waals surface area contributed by atoms with Crippen LogP contribution >= 0.6 is 0 Å². The molecule has 7 nitrogen and oxygen atoms in total. The molecule has 2 heterocycles. The van der Waals surface area contributed by atoms with Crippen LogP contribution in [0.25, 0.3) is 0 Å². The number of aliphatic hydroxyl groups excluding tert-OH is 2. The number of carbonyl (C=O) groups excluding carboxylic acids is 1. The van der Waals surface area contributed by atoms with Gasteiger partial charge in [-0.15, -0.1) is 0 Å². The number of Topliss-reactive ketones (excluding diaryl/α,β-unsaturated/α-hetero) is 1. The number of ether oxygens (including phenoxy) is 1. The van der Waals surface area contributed by atoms with Crippen molar-refractivity contribution >= 4 is 5.78 Å². The van der Waals surface area contributed by atoms with Gasteiger partial charge in [-0.25, -0.2) is 0 Å². The predicted molar refractivity (Wildman–Crippen MR) is 96.9 cm³/mol. The minimum atomic E-state index is -0.954. The van der Waals surface area contributed by atoms with Crippen LogP contribution in [0.3, 0.4) is 0 Å². The van der Waals surface area contributed by atoms with Crippen LogP contribution in [-0.4, -0.2) is 75.2 Å². The Balaban J connectivity index is 0.000000323. The monoisotopic (exact) mass is 377 g/mol. The van der Waals surface area contributed by atoms with E-state index >= 15 is 0 Å². The third kappa shape index (κ3) is 2.32. The summed E-state index contributed by atoms with van der Waals surface area (Å²) in [6, 6.07) is 3.57. The summed E-state index contributed by atoms with van der Waals surface area (Å²) in [5.74, 6) is 0.561. The van der Waals surface area contributed by atoms with Crippen LogP contribution in [0, 0.1) is 0 Å². The molecule has 4 aliphatic rings. The van der Waals surface area contributed by atoms with E-state index in [9.17, 15) is 15.0 Å². The number of ketones is 1. The summed E-state index contributed by atoms with van der Waals surface area (Å²) in [7, 11) is 2.04. The highest BCUT2D eigenvalue weighted by Gasteiger charge is 2.72. The summed E-state index contributed by atoms with van der Waals surface area (Å²) in [5.41, 5.74) is 0.370. The number of likely N-dealkylation sites (N-methyl/N-ethyl adjacent to an activating group) is 1. The van der Waals surface area contributed by atoms with Gasteiger partial charge >= 0.3 is 0 Å². The molecule has 5 atom stereocenters. The molecule has 0 amide bonds. The molecule has 1 aromatic carbocycles. The maximum Gasteiger partial charge on any atom is 0.174 e. The van der Waals surface area contributed by atoms with Crippen LogP contribution in [0.15, 0.2) is 12.1 Å². The summed E-state index contributed by atoms with van der Waals surface area (Å²) in [6.07, 6.45) is 1.05. The van der Waals surface area contributed by atoms with E-state index < -0.39 is 23.2 Å². The number of aliphatic hydroxyl groups is 3. The number of piperidine rings is 1. The molecule has 5 rings (SSSR count). The van der Waals surface area contributed by atoms with Gasteiger partial charge in [0.15, 0.2) is 23.4 Å². The lowest BCUT2D eigenvalue weighted by Crippen LogP contribution is -2.76. The number of benzene rings is 1. The number of phenols is 1. The van der Waals surface area contributed by atoms with Crippen LogP contribution in [0.5, 0.6) is 11.5 Å². The Morgan fingerprint density at radius 1 is 1.37 bits per heavy atom. The zero-order chi connectivity index (χ0) is 19.6. The van der Waals surface area contributed by atoms with E-state index in [1.807, 2.05) is 13.1 Å². The summed E-state index contributed by atoms with van der Waals surface area (Å²) in [6.45, 7) is 2.22. The van der Waals surface area contributed by atoms with E-state index in [1.165, 1.54) is 6.92 Å². The second kappa shape index (κ2) is 6.17. The number of phenolic OH excluding ortho intramolecular Hbond substituents is 1. The van der Waals surface area contributed by atoms with Crippen molar-refractivity contribution in [2.75, 3.05) is 20.2 Å². The Hall–Kier alpha value is -1.67. The molecule has 4 N–H and O–H groups in total. The van der Waals surface area contributed by atoms with Crippen LogP contribution in [-0.2, 0) is 16.6 Å². The van der Waals surface area contributed by atoms with Crippen molar-refractivity contribution in [2.45, 2.75) is 61.9 Å². The van der Waals surface area contributed by atoms with Gasteiger partial charge in [-0.05, 0) is 51.4 Å². The fraction of sp³-hybridized carbons (Fsp3) is 0.650. The third-order valence-electron chi connectivity index (χ3n) is 6.79. The second-order valence-electron chi connectivity index (χ2n) is 8.29. The third-order valence-corrected chi connectivity index (χ3v) is 6.79. The maximum absolute atomic E-state index is 12.5. The van der Waals surface area contributed by atoms with Gasteiger partial charge in [-0.1, -0.05) is 6.07 Å². The molecular formula is C20H27NO6. The van der Waals surface area contributed by atoms with Crippen molar-refractivity contribution in [1.29, 1.82) is 0 Å². The number of hydrogen-bond donors (Lipinski definition) is 4. The van der Waals surface area contributed by atoms with E-state index in [-0.39, 0.29) is 24.2 Å². The number of rotatable bonds is 1. The lowest BCUT2D eigenvalue weighted by atomic mass is 9.49. The Bertz CT molecular complexity index is 780. The smallest absolute Gasteiger partial charge is 0.174 e. The summed E-state index contributed by atoms with van der Waals surface area (Å²) >= 11 is 0. The second-order valence-corrected chi connectivity index (χ2v) is 8.29. The van der Waals surface area contributed by atoms with Crippen LogP contribution in [0.1, 0.15) is 37.3 Å². The van der Waals surface area contributed by atoms with Crippen molar-refractivity contribution in [2.24, 2.45) is 0 Å². The Morgan fingerprint density at radius 3 is 2.74 bits per heavy atom. The van der Waals surface area contributed by atoms with Crippen molar-refractivity contribution in [3.8, 4) is 11.5 Å². The van der Waals surface area contributed by atoms with Gasteiger partial charge in [-0.3, -0.25) is 4.79 Å². The summed E-state index contributed by atoms with van der Waals surface area (Å²) < 4.78 is 5.94. The molecule has 0 aromatic heterocycles. The van der Waals surface area contributed by atoms with Crippen molar-refractivity contribution in [3.05, 3.63) is 23.3 Å². The molecule has 2 fully saturated rings. The molecule has 1 saturated heterocycles. The average Bonchev–Trinajstić information content (AvgIpc) is 3.00. The number of nitrogens with zero attached hydrogens (tertiary/aromatic N) is 1. The summed E-state index contributed by atoms with van der Waals surface area (Å²) in [5, 5.41) is 37.8. The largest absolute Gasteiger partial charge is 0.504 e. The van der Waals surface area contributed by atoms with E-state index in [0.717, 1.165) is 24.1 Å². The van der Waals surface area contributed by atoms with Crippen LogP contribution in [0.4, 0.5) is 0 Å². The zero-order valence-corrected chi connectivity index (χ0v) is 15.7. The SMILES string of the molecule is CC(O)CO.CN1CC[C@]23c4c5ccc(O)c4O[C@H]2C(=O)CC[C@@]3(O)[C@H]1C5. The highest BCUT2D eigenvalue weighted by atomic mass is 16.5. The molecule has 1 unspecified atom stereocenters. The van der Waals surface area contributed by atoms with Gasteiger partial charge in [0.05, 0.1) is 23.7 Å². The number of carbonyl (C=O) groups is 1. The first-order chi connectivity index (χ1) is 12.8. The topological polar surface area (TPSA) is 110 Å². The molecule has 27 heavy (non-hydrogen) atoms. The van der Waals surface area contributed by atoms with E-state index in [0.29, 0.717) is 25.0 Å².